The summed E-state index contributed by atoms with van der Waals surface area (Å²) < 4.78 is 13.2. The van der Waals surface area contributed by atoms with Gasteiger partial charge in [-0.2, -0.15) is 0 Å². The van der Waals surface area contributed by atoms with Crippen LogP contribution in [0.1, 0.15) is 45.7 Å². The molecular weight excluding hydrogens is 237 g/mol. The Bertz CT molecular complexity index is 404. The highest BCUT2D eigenvalue weighted by Gasteiger charge is 2.25. The summed E-state index contributed by atoms with van der Waals surface area (Å²) in [6.45, 7) is 14.2. The number of hydrogen-bond acceptors (Lipinski definition) is 1. The third kappa shape index (κ3) is 5.32. The van der Waals surface area contributed by atoms with Gasteiger partial charge in [0, 0.05) is 6.04 Å². The van der Waals surface area contributed by atoms with Gasteiger partial charge in [0.1, 0.15) is 5.82 Å². The van der Waals surface area contributed by atoms with Crippen LogP contribution in [0.15, 0.2) is 18.2 Å². The lowest BCUT2D eigenvalue weighted by molar-refractivity contribution is 0.226. The Hall–Kier alpha value is -0.890. The fraction of sp³-hybridized carbons (Fsp3) is 0.647. The van der Waals surface area contributed by atoms with E-state index in [0.29, 0.717) is 12.0 Å². The molecule has 0 fully saturated rings. The third-order valence-corrected chi connectivity index (χ3v) is 3.77. The molecule has 0 aliphatic heterocycles. The van der Waals surface area contributed by atoms with Crippen LogP contribution in [-0.2, 0) is 6.42 Å². The molecule has 0 amide bonds. The molecule has 1 N–H and O–H groups in total. The molecule has 108 valence electrons. The normalized spacial score (nSPS) is 13.9. The summed E-state index contributed by atoms with van der Waals surface area (Å²) in [7, 11) is 0. The molecule has 0 radical (unpaired) electrons. The second-order valence-electron chi connectivity index (χ2n) is 6.90. The lowest BCUT2D eigenvalue weighted by Crippen LogP contribution is -2.36. The lowest BCUT2D eigenvalue weighted by Gasteiger charge is -2.32. The number of benzene rings is 1. The van der Waals surface area contributed by atoms with Crippen LogP contribution in [0.2, 0.25) is 0 Å². The van der Waals surface area contributed by atoms with Gasteiger partial charge in [-0.05, 0) is 54.5 Å². The van der Waals surface area contributed by atoms with E-state index in [1.54, 1.807) is 12.1 Å². The first-order valence-corrected chi connectivity index (χ1v) is 7.18. The monoisotopic (exact) mass is 265 g/mol. The van der Waals surface area contributed by atoms with E-state index in [0.717, 1.165) is 18.5 Å². The molecule has 1 atom stereocenters. The second-order valence-corrected chi connectivity index (χ2v) is 6.90. The zero-order valence-electron chi connectivity index (χ0n) is 13.2. The van der Waals surface area contributed by atoms with Crippen LogP contribution in [0.4, 0.5) is 4.39 Å². The summed E-state index contributed by atoms with van der Waals surface area (Å²) in [6, 6.07) is 5.63. The fourth-order valence-corrected chi connectivity index (χ4v) is 2.22. The van der Waals surface area contributed by atoms with Crippen molar-refractivity contribution in [1.82, 2.24) is 5.32 Å². The molecule has 19 heavy (non-hydrogen) atoms. The SMILES string of the molecule is Cc1cc(F)ccc1CC(CNC(C)C)C(C)(C)C. The number of rotatable bonds is 5. The maximum Gasteiger partial charge on any atom is 0.123 e. The average molecular weight is 265 g/mol. The molecule has 0 bridgehead atoms. The summed E-state index contributed by atoms with van der Waals surface area (Å²) in [5.41, 5.74) is 2.55. The van der Waals surface area contributed by atoms with Gasteiger partial charge in [0.2, 0.25) is 0 Å². The quantitative estimate of drug-likeness (QED) is 0.835. The molecule has 0 aliphatic rings. The van der Waals surface area contributed by atoms with Crippen molar-refractivity contribution >= 4 is 0 Å². The van der Waals surface area contributed by atoms with Crippen LogP contribution in [0.3, 0.4) is 0 Å². The van der Waals surface area contributed by atoms with Gasteiger partial charge >= 0.3 is 0 Å². The molecule has 0 heterocycles. The van der Waals surface area contributed by atoms with Crippen molar-refractivity contribution in [2.24, 2.45) is 11.3 Å². The molecule has 0 saturated carbocycles. The van der Waals surface area contributed by atoms with E-state index in [1.807, 2.05) is 13.0 Å². The lowest BCUT2D eigenvalue weighted by atomic mass is 9.76. The minimum Gasteiger partial charge on any atom is -0.314 e. The maximum absolute atomic E-state index is 13.2. The van der Waals surface area contributed by atoms with E-state index in [1.165, 1.54) is 5.56 Å². The summed E-state index contributed by atoms with van der Waals surface area (Å²) in [5.74, 6) is 0.396. The highest BCUT2D eigenvalue weighted by atomic mass is 19.1. The summed E-state index contributed by atoms with van der Waals surface area (Å²) in [6.07, 6.45) is 0.995. The molecule has 1 aromatic rings. The topological polar surface area (TPSA) is 12.0 Å². The van der Waals surface area contributed by atoms with Gasteiger partial charge < -0.3 is 5.32 Å². The highest BCUT2D eigenvalue weighted by molar-refractivity contribution is 5.27. The summed E-state index contributed by atoms with van der Waals surface area (Å²) in [5, 5.41) is 3.53. The van der Waals surface area contributed by atoms with Crippen molar-refractivity contribution in [3.8, 4) is 0 Å². The smallest absolute Gasteiger partial charge is 0.123 e. The van der Waals surface area contributed by atoms with E-state index in [2.05, 4.69) is 39.9 Å². The Balaban J connectivity index is 2.82. The second kappa shape index (κ2) is 6.51. The Labute approximate surface area is 117 Å². The Morgan fingerprint density at radius 1 is 1.21 bits per heavy atom. The van der Waals surface area contributed by atoms with Gasteiger partial charge in [-0.25, -0.2) is 4.39 Å². The van der Waals surface area contributed by atoms with Gasteiger partial charge in [-0.3, -0.25) is 0 Å². The molecule has 1 rings (SSSR count). The summed E-state index contributed by atoms with van der Waals surface area (Å²) in [4.78, 5) is 0. The van der Waals surface area contributed by atoms with Crippen molar-refractivity contribution in [2.75, 3.05) is 6.54 Å². The maximum atomic E-state index is 13.2. The molecule has 0 aromatic heterocycles. The standard InChI is InChI=1S/C17H28FN/c1-12(2)19-11-15(17(4,5)6)10-14-7-8-16(18)9-13(14)3/h7-9,12,15,19H,10-11H2,1-6H3. The van der Waals surface area contributed by atoms with Crippen LogP contribution in [-0.4, -0.2) is 12.6 Å². The van der Waals surface area contributed by atoms with E-state index in [4.69, 9.17) is 0 Å². The largest absolute Gasteiger partial charge is 0.314 e. The van der Waals surface area contributed by atoms with E-state index < -0.39 is 0 Å². The Kier molecular flexibility index (Phi) is 5.54. The first-order chi connectivity index (χ1) is 8.70. The third-order valence-electron chi connectivity index (χ3n) is 3.77. The molecule has 1 nitrogen and oxygen atoms in total. The van der Waals surface area contributed by atoms with Gasteiger partial charge in [-0.15, -0.1) is 0 Å². The molecule has 1 aromatic carbocycles. The van der Waals surface area contributed by atoms with Crippen molar-refractivity contribution in [3.05, 3.63) is 35.1 Å². The average Bonchev–Trinajstić information content (AvgIpc) is 2.24. The Morgan fingerprint density at radius 2 is 1.84 bits per heavy atom. The molecule has 1 unspecified atom stereocenters. The number of halogens is 1. The number of hydrogen-bond donors (Lipinski definition) is 1. The van der Waals surface area contributed by atoms with E-state index in [-0.39, 0.29) is 11.2 Å². The minimum absolute atomic E-state index is 0.145. The number of nitrogens with one attached hydrogen (secondary N) is 1. The zero-order chi connectivity index (χ0) is 14.6. The van der Waals surface area contributed by atoms with E-state index in [9.17, 15) is 4.39 Å². The van der Waals surface area contributed by atoms with Crippen molar-refractivity contribution < 1.29 is 4.39 Å². The minimum atomic E-state index is -0.145. The van der Waals surface area contributed by atoms with E-state index >= 15 is 0 Å². The number of aryl methyl sites for hydroxylation is 1. The van der Waals surface area contributed by atoms with Crippen LogP contribution >= 0.6 is 0 Å². The van der Waals surface area contributed by atoms with Gasteiger partial charge in [-0.1, -0.05) is 40.7 Å². The van der Waals surface area contributed by atoms with Gasteiger partial charge in [0.05, 0.1) is 0 Å². The molecule has 0 saturated heterocycles. The van der Waals surface area contributed by atoms with Crippen molar-refractivity contribution in [2.45, 2.75) is 54.0 Å². The molecule has 0 spiro atoms. The van der Waals surface area contributed by atoms with Gasteiger partial charge in [0.25, 0.3) is 0 Å². The first-order valence-electron chi connectivity index (χ1n) is 7.18. The predicted molar refractivity (Wildman–Crippen MR) is 80.9 cm³/mol. The van der Waals surface area contributed by atoms with Crippen LogP contribution in [0.25, 0.3) is 0 Å². The fourth-order valence-electron chi connectivity index (χ4n) is 2.22. The van der Waals surface area contributed by atoms with Crippen LogP contribution in [0, 0.1) is 24.1 Å². The zero-order valence-corrected chi connectivity index (χ0v) is 13.2. The molecule has 0 aliphatic carbocycles. The Morgan fingerprint density at radius 3 is 2.32 bits per heavy atom. The predicted octanol–water partition coefficient (Wildman–Crippen LogP) is 4.34. The molecular formula is C17H28FN. The first kappa shape index (κ1) is 16.2. The highest BCUT2D eigenvalue weighted by Crippen LogP contribution is 2.29. The van der Waals surface area contributed by atoms with Crippen LogP contribution in [0.5, 0.6) is 0 Å². The van der Waals surface area contributed by atoms with Crippen molar-refractivity contribution in [1.29, 1.82) is 0 Å². The summed E-state index contributed by atoms with van der Waals surface area (Å²) >= 11 is 0. The van der Waals surface area contributed by atoms with Gasteiger partial charge in [0.15, 0.2) is 0 Å². The van der Waals surface area contributed by atoms with Crippen molar-refractivity contribution in [3.63, 3.8) is 0 Å². The van der Waals surface area contributed by atoms with Crippen LogP contribution < -0.4 is 5.32 Å². The molecule has 2 heteroatoms.